The number of nitrogens with zero attached hydrogens (tertiary/aromatic N) is 2. The number of carbonyl (C=O) groups excluding carboxylic acids is 2. The van der Waals surface area contributed by atoms with Crippen LogP contribution in [0.3, 0.4) is 0 Å². The number of likely N-dealkylation sites (N-methyl/N-ethyl adjacent to an activating group) is 1. The summed E-state index contributed by atoms with van der Waals surface area (Å²) in [7, 11) is 0. The van der Waals surface area contributed by atoms with Gasteiger partial charge in [-0.1, -0.05) is 25.4 Å². The van der Waals surface area contributed by atoms with Crippen LogP contribution in [0.4, 0.5) is 5.69 Å². The Balaban J connectivity index is 2.13. The molecule has 1 aromatic carbocycles. The van der Waals surface area contributed by atoms with Gasteiger partial charge in [0.05, 0.1) is 10.6 Å². The van der Waals surface area contributed by atoms with Crippen molar-refractivity contribution in [2.24, 2.45) is 0 Å². The van der Waals surface area contributed by atoms with Gasteiger partial charge in [-0.3, -0.25) is 14.5 Å². The van der Waals surface area contributed by atoms with Crippen molar-refractivity contribution in [1.29, 1.82) is 0 Å². The van der Waals surface area contributed by atoms with Gasteiger partial charge in [-0.25, -0.2) is 0 Å². The lowest BCUT2D eigenvalue weighted by Gasteiger charge is -2.26. The second-order valence-electron chi connectivity index (χ2n) is 5.79. The third-order valence-corrected chi connectivity index (χ3v) is 4.63. The highest BCUT2D eigenvalue weighted by Gasteiger charge is 2.30. The molecule has 0 saturated carbocycles. The van der Waals surface area contributed by atoms with Crippen LogP contribution in [0.1, 0.15) is 37.6 Å². The molecular formula is C17H24ClN3O2. The van der Waals surface area contributed by atoms with E-state index in [1.165, 1.54) is 6.92 Å². The van der Waals surface area contributed by atoms with Crippen molar-refractivity contribution in [2.75, 3.05) is 31.5 Å². The lowest BCUT2D eigenvalue weighted by molar-refractivity contribution is -0.114. The zero-order chi connectivity index (χ0) is 17.0. The van der Waals surface area contributed by atoms with E-state index in [9.17, 15) is 9.59 Å². The van der Waals surface area contributed by atoms with E-state index >= 15 is 0 Å². The topological polar surface area (TPSA) is 52.6 Å². The quantitative estimate of drug-likeness (QED) is 0.898. The molecule has 1 N–H and O–H groups in total. The fraction of sp³-hybridized carbons (Fsp3) is 0.529. The molecule has 1 unspecified atom stereocenters. The van der Waals surface area contributed by atoms with Crippen molar-refractivity contribution in [3.05, 3.63) is 28.8 Å². The summed E-state index contributed by atoms with van der Waals surface area (Å²) in [5, 5.41) is 3.10. The van der Waals surface area contributed by atoms with Crippen LogP contribution in [0.15, 0.2) is 18.2 Å². The third-order valence-electron chi connectivity index (χ3n) is 4.30. The monoisotopic (exact) mass is 337 g/mol. The molecular weight excluding hydrogens is 314 g/mol. The van der Waals surface area contributed by atoms with Crippen LogP contribution in [-0.4, -0.2) is 53.8 Å². The number of amides is 2. The van der Waals surface area contributed by atoms with Gasteiger partial charge in [0.2, 0.25) is 5.91 Å². The molecule has 1 atom stereocenters. The number of anilines is 1. The summed E-state index contributed by atoms with van der Waals surface area (Å²) in [6.45, 7) is 9.15. The van der Waals surface area contributed by atoms with Gasteiger partial charge >= 0.3 is 0 Å². The Labute approximate surface area is 142 Å². The summed E-state index contributed by atoms with van der Waals surface area (Å²) in [6, 6.07) is 5.41. The normalized spacial score (nSPS) is 17.6. The SMILES string of the molecule is CCN(CC)C1CCN(C(=O)c2cc(NC(C)=O)ccc2Cl)C1. The Bertz CT molecular complexity index is 587. The number of benzene rings is 1. The zero-order valence-electron chi connectivity index (χ0n) is 13.9. The van der Waals surface area contributed by atoms with Crippen molar-refractivity contribution >= 4 is 29.1 Å². The van der Waals surface area contributed by atoms with E-state index in [0.717, 1.165) is 32.6 Å². The van der Waals surface area contributed by atoms with Crippen LogP contribution >= 0.6 is 11.6 Å². The van der Waals surface area contributed by atoms with Crippen molar-refractivity contribution in [2.45, 2.75) is 33.2 Å². The minimum atomic E-state index is -0.173. The Morgan fingerprint density at radius 1 is 1.35 bits per heavy atom. The predicted octanol–water partition coefficient (Wildman–Crippen LogP) is 2.85. The number of carbonyl (C=O) groups is 2. The van der Waals surface area contributed by atoms with Crippen LogP contribution < -0.4 is 5.32 Å². The molecule has 1 saturated heterocycles. The lowest BCUT2D eigenvalue weighted by atomic mass is 10.1. The molecule has 23 heavy (non-hydrogen) atoms. The number of rotatable bonds is 5. The van der Waals surface area contributed by atoms with Crippen LogP contribution in [0.25, 0.3) is 0 Å². The van der Waals surface area contributed by atoms with Gasteiger partial charge in [0, 0.05) is 31.7 Å². The maximum atomic E-state index is 12.8. The summed E-state index contributed by atoms with van der Waals surface area (Å²) < 4.78 is 0. The number of hydrogen-bond acceptors (Lipinski definition) is 3. The number of likely N-dealkylation sites (tertiary alicyclic amines) is 1. The number of halogens is 1. The van der Waals surface area contributed by atoms with Crippen LogP contribution in [0, 0.1) is 0 Å². The van der Waals surface area contributed by atoms with Gasteiger partial charge in [0.25, 0.3) is 5.91 Å². The molecule has 0 aromatic heterocycles. The highest BCUT2D eigenvalue weighted by molar-refractivity contribution is 6.34. The van der Waals surface area contributed by atoms with E-state index in [1.807, 2.05) is 4.90 Å². The average molecular weight is 338 g/mol. The minimum Gasteiger partial charge on any atom is -0.337 e. The molecule has 1 fully saturated rings. The third kappa shape index (κ3) is 4.24. The van der Waals surface area contributed by atoms with E-state index in [0.29, 0.717) is 22.3 Å². The minimum absolute atomic E-state index is 0.0724. The summed E-state index contributed by atoms with van der Waals surface area (Å²) in [5.41, 5.74) is 1.03. The molecule has 1 aliphatic heterocycles. The largest absolute Gasteiger partial charge is 0.337 e. The molecule has 1 heterocycles. The first kappa shape index (κ1) is 17.8. The number of hydrogen-bond donors (Lipinski definition) is 1. The number of nitrogens with one attached hydrogen (secondary N) is 1. The van der Waals surface area contributed by atoms with Crippen molar-refractivity contribution < 1.29 is 9.59 Å². The average Bonchev–Trinajstić information content (AvgIpc) is 2.99. The van der Waals surface area contributed by atoms with E-state index < -0.39 is 0 Å². The maximum Gasteiger partial charge on any atom is 0.255 e. The molecule has 2 amide bonds. The molecule has 126 valence electrons. The Kier molecular flexibility index (Phi) is 6.02. The standard InChI is InChI=1S/C17H24ClN3O2/c1-4-20(5-2)14-8-9-21(11-14)17(23)15-10-13(19-12(3)22)6-7-16(15)18/h6-7,10,14H,4-5,8-9,11H2,1-3H3,(H,19,22). The van der Waals surface area contributed by atoms with Crippen LogP contribution in [-0.2, 0) is 4.79 Å². The molecule has 2 rings (SSSR count). The molecule has 0 aliphatic carbocycles. The molecule has 1 aliphatic rings. The van der Waals surface area contributed by atoms with Crippen molar-refractivity contribution in [1.82, 2.24) is 9.80 Å². The lowest BCUT2D eigenvalue weighted by Crippen LogP contribution is -2.38. The Morgan fingerprint density at radius 2 is 2.04 bits per heavy atom. The smallest absolute Gasteiger partial charge is 0.255 e. The first-order valence-electron chi connectivity index (χ1n) is 8.06. The van der Waals surface area contributed by atoms with Crippen LogP contribution in [0.5, 0.6) is 0 Å². The van der Waals surface area contributed by atoms with Gasteiger partial charge in [0.1, 0.15) is 0 Å². The summed E-state index contributed by atoms with van der Waals surface area (Å²) in [4.78, 5) is 28.2. The van der Waals surface area contributed by atoms with Gasteiger partial charge in [-0.15, -0.1) is 0 Å². The van der Waals surface area contributed by atoms with E-state index in [1.54, 1.807) is 18.2 Å². The van der Waals surface area contributed by atoms with Gasteiger partial charge in [-0.05, 0) is 37.7 Å². The molecule has 5 nitrogen and oxygen atoms in total. The second kappa shape index (κ2) is 7.79. The van der Waals surface area contributed by atoms with Gasteiger partial charge in [0.15, 0.2) is 0 Å². The molecule has 0 radical (unpaired) electrons. The Hall–Kier alpha value is -1.59. The molecule has 0 spiro atoms. The summed E-state index contributed by atoms with van der Waals surface area (Å²) in [5.74, 6) is -0.245. The van der Waals surface area contributed by atoms with Crippen molar-refractivity contribution in [3.63, 3.8) is 0 Å². The van der Waals surface area contributed by atoms with Crippen LogP contribution in [0.2, 0.25) is 5.02 Å². The fourth-order valence-electron chi connectivity index (χ4n) is 3.10. The highest BCUT2D eigenvalue weighted by atomic mass is 35.5. The second-order valence-corrected chi connectivity index (χ2v) is 6.20. The first-order chi connectivity index (χ1) is 11.0. The van der Waals surface area contributed by atoms with Crippen molar-refractivity contribution in [3.8, 4) is 0 Å². The van der Waals surface area contributed by atoms with E-state index in [4.69, 9.17) is 11.6 Å². The molecule has 6 heteroatoms. The van der Waals surface area contributed by atoms with E-state index in [-0.39, 0.29) is 11.8 Å². The highest BCUT2D eigenvalue weighted by Crippen LogP contribution is 2.25. The van der Waals surface area contributed by atoms with Gasteiger partial charge in [-0.2, -0.15) is 0 Å². The first-order valence-corrected chi connectivity index (χ1v) is 8.44. The summed E-state index contributed by atoms with van der Waals surface area (Å²) in [6.07, 6.45) is 0.983. The summed E-state index contributed by atoms with van der Waals surface area (Å²) >= 11 is 6.19. The fourth-order valence-corrected chi connectivity index (χ4v) is 3.30. The van der Waals surface area contributed by atoms with Gasteiger partial charge < -0.3 is 10.2 Å². The van der Waals surface area contributed by atoms with E-state index in [2.05, 4.69) is 24.1 Å². The molecule has 0 bridgehead atoms. The maximum absolute atomic E-state index is 12.8. The molecule has 1 aromatic rings. The Morgan fingerprint density at radius 3 is 2.65 bits per heavy atom. The zero-order valence-corrected chi connectivity index (χ0v) is 14.7. The predicted molar refractivity (Wildman–Crippen MR) is 93.0 cm³/mol.